The predicted octanol–water partition coefficient (Wildman–Crippen LogP) is 2.50. The highest BCUT2D eigenvalue weighted by atomic mass is 79.9. The van der Waals surface area contributed by atoms with Crippen LogP contribution in [0.4, 0.5) is 0 Å². The summed E-state index contributed by atoms with van der Waals surface area (Å²) in [6.07, 6.45) is 0. The average Bonchev–Trinajstić information content (AvgIpc) is 2.34. The molecule has 1 aliphatic rings. The van der Waals surface area contributed by atoms with Crippen LogP contribution < -0.4 is 5.73 Å². The van der Waals surface area contributed by atoms with E-state index in [0.29, 0.717) is 12.6 Å². The molecule has 1 aromatic rings. The molecule has 2 N–H and O–H groups in total. The SMILES string of the molecule is NCC(c1ccccc1Br)N1CCSCC1. The minimum Gasteiger partial charge on any atom is -0.329 e. The lowest BCUT2D eigenvalue weighted by atomic mass is 10.1. The third-order valence-corrected chi connectivity index (χ3v) is 4.64. The van der Waals surface area contributed by atoms with Gasteiger partial charge in [-0.2, -0.15) is 11.8 Å². The summed E-state index contributed by atoms with van der Waals surface area (Å²) in [4.78, 5) is 2.50. The van der Waals surface area contributed by atoms with Crippen molar-refractivity contribution in [3.8, 4) is 0 Å². The van der Waals surface area contributed by atoms with Crippen molar-refractivity contribution in [1.29, 1.82) is 0 Å². The third-order valence-electron chi connectivity index (χ3n) is 2.97. The second-order valence-corrected chi connectivity index (χ2v) is 6.00. The Hall–Kier alpha value is -0.0300. The van der Waals surface area contributed by atoms with E-state index in [1.807, 2.05) is 17.8 Å². The normalized spacial score (nSPS) is 19.6. The molecule has 0 bridgehead atoms. The van der Waals surface area contributed by atoms with E-state index in [9.17, 15) is 0 Å². The molecule has 1 atom stereocenters. The number of nitrogens with two attached hydrogens (primary N) is 1. The summed E-state index contributed by atoms with van der Waals surface area (Å²) in [5.41, 5.74) is 7.25. The number of hydrogen-bond donors (Lipinski definition) is 1. The first-order valence-corrected chi connectivity index (χ1v) is 7.54. The first-order valence-electron chi connectivity index (χ1n) is 5.59. The van der Waals surface area contributed by atoms with Crippen molar-refractivity contribution in [3.05, 3.63) is 34.3 Å². The van der Waals surface area contributed by atoms with E-state index >= 15 is 0 Å². The Kier molecular flexibility index (Phi) is 4.70. The van der Waals surface area contributed by atoms with Gasteiger partial charge in [0.2, 0.25) is 0 Å². The van der Waals surface area contributed by atoms with Crippen molar-refractivity contribution in [2.75, 3.05) is 31.1 Å². The van der Waals surface area contributed by atoms with Gasteiger partial charge in [0, 0.05) is 41.7 Å². The van der Waals surface area contributed by atoms with E-state index in [0.717, 1.165) is 13.1 Å². The van der Waals surface area contributed by atoms with E-state index in [-0.39, 0.29) is 0 Å². The summed E-state index contributed by atoms with van der Waals surface area (Å²) < 4.78 is 1.17. The highest BCUT2D eigenvalue weighted by Gasteiger charge is 2.22. The van der Waals surface area contributed by atoms with Gasteiger partial charge >= 0.3 is 0 Å². The Bertz CT molecular complexity index is 340. The van der Waals surface area contributed by atoms with Gasteiger partial charge in [-0.1, -0.05) is 34.1 Å². The molecule has 4 heteroatoms. The average molecular weight is 301 g/mol. The van der Waals surface area contributed by atoms with Crippen molar-refractivity contribution < 1.29 is 0 Å². The van der Waals surface area contributed by atoms with Crippen molar-refractivity contribution >= 4 is 27.7 Å². The lowest BCUT2D eigenvalue weighted by Gasteiger charge is -2.34. The quantitative estimate of drug-likeness (QED) is 0.930. The molecule has 0 aliphatic carbocycles. The number of benzene rings is 1. The van der Waals surface area contributed by atoms with Gasteiger partial charge in [0.15, 0.2) is 0 Å². The third kappa shape index (κ3) is 2.80. The van der Waals surface area contributed by atoms with Gasteiger partial charge in [-0.15, -0.1) is 0 Å². The molecule has 2 rings (SSSR count). The van der Waals surface area contributed by atoms with Crippen LogP contribution in [0, 0.1) is 0 Å². The molecule has 1 unspecified atom stereocenters. The summed E-state index contributed by atoms with van der Waals surface area (Å²) in [7, 11) is 0. The second kappa shape index (κ2) is 6.05. The van der Waals surface area contributed by atoms with Crippen molar-refractivity contribution in [2.24, 2.45) is 5.73 Å². The van der Waals surface area contributed by atoms with Crippen LogP contribution in [0.1, 0.15) is 11.6 Å². The second-order valence-electron chi connectivity index (χ2n) is 3.92. The highest BCUT2D eigenvalue weighted by molar-refractivity contribution is 9.10. The Morgan fingerprint density at radius 1 is 1.31 bits per heavy atom. The number of rotatable bonds is 3. The van der Waals surface area contributed by atoms with Gasteiger partial charge < -0.3 is 5.73 Å². The zero-order chi connectivity index (χ0) is 11.4. The maximum absolute atomic E-state index is 5.94. The van der Waals surface area contributed by atoms with Gasteiger partial charge in [0.1, 0.15) is 0 Å². The maximum Gasteiger partial charge on any atom is 0.0482 e. The van der Waals surface area contributed by atoms with Crippen molar-refractivity contribution in [1.82, 2.24) is 4.90 Å². The van der Waals surface area contributed by atoms with Crippen LogP contribution in [0.5, 0.6) is 0 Å². The summed E-state index contributed by atoms with van der Waals surface area (Å²) in [5.74, 6) is 2.45. The topological polar surface area (TPSA) is 29.3 Å². The predicted molar refractivity (Wildman–Crippen MR) is 74.8 cm³/mol. The first-order chi connectivity index (χ1) is 7.83. The van der Waals surface area contributed by atoms with Gasteiger partial charge in [0.25, 0.3) is 0 Å². The standard InChI is InChI=1S/C12H17BrN2S/c13-11-4-2-1-3-10(11)12(9-14)15-5-7-16-8-6-15/h1-4,12H,5-9,14H2. The van der Waals surface area contributed by atoms with Gasteiger partial charge in [0.05, 0.1) is 0 Å². The molecule has 0 radical (unpaired) electrons. The van der Waals surface area contributed by atoms with E-state index in [2.05, 4.69) is 39.0 Å². The van der Waals surface area contributed by atoms with Crippen LogP contribution in [-0.4, -0.2) is 36.0 Å². The Morgan fingerprint density at radius 2 is 2.00 bits per heavy atom. The fourth-order valence-electron chi connectivity index (χ4n) is 2.11. The monoisotopic (exact) mass is 300 g/mol. The number of nitrogens with zero attached hydrogens (tertiary/aromatic N) is 1. The lowest BCUT2D eigenvalue weighted by molar-refractivity contribution is 0.222. The highest BCUT2D eigenvalue weighted by Crippen LogP contribution is 2.28. The summed E-state index contributed by atoms with van der Waals surface area (Å²) in [6, 6.07) is 8.76. The van der Waals surface area contributed by atoms with E-state index in [1.54, 1.807) is 0 Å². The Balaban J connectivity index is 2.18. The van der Waals surface area contributed by atoms with Crippen LogP contribution in [0.15, 0.2) is 28.7 Å². The molecule has 1 aromatic carbocycles. The van der Waals surface area contributed by atoms with Crippen LogP contribution in [0.2, 0.25) is 0 Å². The molecule has 1 fully saturated rings. The summed E-state index contributed by atoms with van der Waals surface area (Å²) in [6.45, 7) is 2.98. The molecule has 0 amide bonds. The molecule has 16 heavy (non-hydrogen) atoms. The fourth-order valence-corrected chi connectivity index (χ4v) is 3.59. The molecule has 1 saturated heterocycles. The van der Waals surface area contributed by atoms with Crippen molar-refractivity contribution in [3.63, 3.8) is 0 Å². The van der Waals surface area contributed by atoms with E-state index in [4.69, 9.17) is 5.73 Å². The molecule has 1 heterocycles. The molecule has 0 saturated carbocycles. The smallest absolute Gasteiger partial charge is 0.0482 e. The minimum absolute atomic E-state index is 0.358. The molecular weight excluding hydrogens is 284 g/mol. The molecule has 88 valence electrons. The van der Waals surface area contributed by atoms with Crippen LogP contribution >= 0.6 is 27.7 Å². The van der Waals surface area contributed by atoms with E-state index in [1.165, 1.54) is 21.5 Å². The first kappa shape index (κ1) is 12.4. The van der Waals surface area contributed by atoms with Gasteiger partial charge in [-0.05, 0) is 11.6 Å². The molecular formula is C12H17BrN2S. The zero-order valence-corrected chi connectivity index (χ0v) is 11.6. The van der Waals surface area contributed by atoms with E-state index < -0.39 is 0 Å². The lowest BCUT2D eigenvalue weighted by Crippen LogP contribution is -2.39. The number of halogens is 1. The summed E-state index contributed by atoms with van der Waals surface area (Å²) in [5, 5.41) is 0. The fraction of sp³-hybridized carbons (Fsp3) is 0.500. The van der Waals surface area contributed by atoms with Crippen molar-refractivity contribution in [2.45, 2.75) is 6.04 Å². The zero-order valence-electron chi connectivity index (χ0n) is 9.23. The minimum atomic E-state index is 0.358. The molecule has 2 nitrogen and oxygen atoms in total. The Labute approximate surface area is 110 Å². The molecule has 0 aromatic heterocycles. The van der Waals surface area contributed by atoms with Gasteiger partial charge in [-0.25, -0.2) is 0 Å². The van der Waals surface area contributed by atoms with Crippen LogP contribution in [0.25, 0.3) is 0 Å². The molecule has 1 aliphatic heterocycles. The van der Waals surface area contributed by atoms with Gasteiger partial charge in [-0.3, -0.25) is 4.90 Å². The number of hydrogen-bond acceptors (Lipinski definition) is 3. The molecule has 0 spiro atoms. The van der Waals surface area contributed by atoms with Crippen LogP contribution in [-0.2, 0) is 0 Å². The van der Waals surface area contributed by atoms with Crippen LogP contribution in [0.3, 0.4) is 0 Å². The Morgan fingerprint density at radius 3 is 2.62 bits per heavy atom. The maximum atomic E-state index is 5.94. The number of thioether (sulfide) groups is 1. The largest absolute Gasteiger partial charge is 0.329 e. The summed E-state index contributed by atoms with van der Waals surface area (Å²) >= 11 is 5.65.